The van der Waals surface area contributed by atoms with Crippen molar-refractivity contribution >= 4 is 30.3 Å². The van der Waals surface area contributed by atoms with Crippen molar-refractivity contribution in [3.63, 3.8) is 0 Å². The number of benzene rings is 1. The zero-order chi connectivity index (χ0) is 14.7. The Kier molecular flexibility index (Phi) is 3.41. The molecule has 2 fully saturated rings. The maximum atomic E-state index is 6.28. The highest BCUT2D eigenvalue weighted by molar-refractivity contribution is 6.49. The Bertz CT molecular complexity index is 508. The van der Waals surface area contributed by atoms with Crippen molar-refractivity contribution in [1.82, 2.24) is 0 Å². The van der Waals surface area contributed by atoms with Gasteiger partial charge in [-0.3, -0.25) is 0 Å². The highest BCUT2D eigenvalue weighted by Gasteiger charge is 2.60. The van der Waals surface area contributed by atoms with Crippen LogP contribution in [0.15, 0.2) is 18.2 Å². The van der Waals surface area contributed by atoms with Crippen LogP contribution in [0.3, 0.4) is 0 Å². The topological polar surface area (TPSA) is 18.5 Å². The summed E-state index contributed by atoms with van der Waals surface area (Å²) < 4.78 is 12.2. The van der Waals surface area contributed by atoms with Crippen molar-refractivity contribution in [3.8, 4) is 0 Å². The van der Waals surface area contributed by atoms with E-state index in [9.17, 15) is 0 Å². The third kappa shape index (κ3) is 2.29. The average Bonchev–Trinajstić information content (AvgIpc) is 3.02. The van der Waals surface area contributed by atoms with Crippen LogP contribution in [-0.2, 0) is 9.31 Å². The van der Waals surface area contributed by atoms with E-state index in [4.69, 9.17) is 32.5 Å². The van der Waals surface area contributed by atoms with Gasteiger partial charge >= 0.3 is 7.12 Å². The first kappa shape index (κ1) is 14.7. The summed E-state index contributed by atoms with van der Waals surface area (Å²) in [6.07, 6.45) is 1.01. The fourth-order valence-electron chi connectivity index (χ4n) is 2.78. The van der Waals surface area contributed by atoms with Crippen molar-refractivity contribution in [2.45, 2.75) is 57.1 Å². The smallest absolute Gasteiger partial charge is 0.403 e. The van der Waals surface area contributed by atoms with Crippen LogP contribution in [-0.4, -0.2) is 18.3 Å². The monoisotopic (exact) mass is 312 g/mol. The summed E-state index contributed by atoms with van der Waals surface area (Å²) in [6.45, 7) is 8.31. The lowest BCUT2D eigenvalue weighted by molar-refractivity contribution is 0.00578. The minimum absolute atomic E-state index is 0.169. The molecular weight excluding hydrogens is 294 g/mol. The molecule has 1 saturated carbocycles. The fourth-order valence-corrected chi connectivity index (χ4v) is 3.45. The van der Waals surface area contributed by atoms with Crippen molar-refractivity contribution in [2.24, 2.45) is 0 Å². The standard InChI is InChI=1S/C15H19BCl2O2/c1-14(2)15(3,4)20-16(19-14)10-8-9(10)13-11(17)6-5-7-12(13)18/h5-7,9-10H,8H2,1-4H3/t9-,10-/m1/s1. The highest BCUT2D eigenvalue weighted by Crippen LogP contribution is 2.60. The third-order valence-electron chi connectivity index (χ3n) is 4.83. The second kappa shape index (κ2) is 4.64. The summed E-state index contributed by atoms with van der Waals surface area (Å²) in [4.78, 5) is 0. The molecule has 108 valence electrons. The summed E-state index contributed by atoms with van der Waals surface area (Å²) in [5.41, 5.74) is 0.472. The Balaban J connectivity index is 1.78. The van der Waals surface area contributed by atoms with Gasteiger partial charge in [0.25, 0.3) is 0 Å². The van der Waals surface area contributed by atoms with E-state index in [1.165, 1.54) is 0 Å². The molecule has 0 unspecified atom stereocenters. The molecule has 0 bridgehead atoms. The van der Waals surface area contributed by atoms with Crippen LogP contribution >= 0.6 is 23.2 Å². The van der Waals surface area contributed by atoms with E-state index in [1.54, 1.807) is 0 Å². The Hall–Kier alpha value is -0.215. The summed E-state index contributed by atoms with van der Waals surface area (Å²) in [7, 11) is -0.169. The molecule has 0 N–H and O–H groups in total. The second-order valence-electron chi connectivity index (χ2n) is 6.77. The summed E-state index contributed by atoms with van der Waals surface area (Å²) in [5, 5.41) is 1.48. The second-order valence-corrected chi connectivity index (χ2v) is 7.58. The molecule has 0 aromatic heterocycles. The van der Waals surface area contributed by atoms with Gasteiger partial charge in [0.1, 0.15) is 0 Å². The lowest BCUT2D eigenvalue weighted by Gasteiger charge is -2.32. The van der Waals surface area contributed by atoms with Gasteiger partial charge in [-0.1, -0.05) is 29.3 Å². The molecule has 1 aromatic carbocycles. The number of halogens is 2. The zero-order valence-corrected chi connectivity index (χ0v) is 13.8. The average molecular weight is 313 g/mol. The van der Waals surface area contributed by atoms with E-state index in [2.05, 4.69) is 27.7 Å². The van der Waals surface area contributed by atoms with E-state index in [-0.39, 0.29) is 18.3 Å². The minimum Gasteiger partial charge on any atom is -0.403 e. The van der Waals surface area contributed by atoms with Gasteiger partial charge in [0, 0.05) is 15.9 Å². The molecule has 1 heterocycles. The molecule has 5 heteroatoms. The van der Waals surface area contributed by atoms with Crippen molar-refractivity contribution < 1.29 is 9.31 Å². The molecule has 0 spiro atoms. The SMILES string of the molecule is CC1(C)OB([C@@H]2C[C@H]2c2c(Cl)cccc2Cl)OC1(C)C. The molecule has 2 nitrogen and oxygen atoms in total. The molecule has 1 aromatic rings. The first-order valence-corrected chi connectivity index (χ1v) is 7.78. The Morgan fingerprint density at radius 2 is 1.55 bits per heavy atom. The molecule has 1 aliphatic heterocycles. The lowest BCUT2D eigenvalue weighted by Crippen LogP contribution is -2.41. The molecule has 2 aliphatic rings. The van der Waals surface area contributed by atoms with Gasteiger partial charge in [0.2, 0.25) is 0 Å². The normalized spacial score (nSPS) is 30.6. The zero-order valence-electron chi connectivity index (χ0n) is 12.2. The fraction of sp³-hybridized carbons (Fsp3) is 0.600. The minimum atomic E-state index is -0.283. The highest BCUT2D eigenvalue weighted by atomic mass is 35.5. The Morgan fingerprint density at radius 3 is 2.05 bits per heavy atom. The van der Waals surface area contributed by atoms with Gasteiger partial charge in [0.05, 0.1) is 11.2 Å². The third-order valence-corrected chi connectivity index (χ3v) is 5.49. The van der Waals surface area contributed by atoms with Crippen molar-refractivity contribution in [3.05, 3.63) is 33.8 Å². The molecular formula is C15H19BCl2O2. The number of hydrogen-bond donors (Lipinski definition) is 0. The van der Waals surface area contributed by atoms with Crippen LogP contribution in [0.4, 0.5) is 0 Å². The Labute approximate surface area is 130 Å². The predicted octanol–water partition coefficient (Wildman–Crippen LogP) is 4.94. The molecule has 0 radical (unpaired) electrons. The summed E-state index contributed by atoms with van der Waals surface area (Å²) in [5.74, 6) is 0.680. The van der Waals surface area contributed by atoms with Crippen LogP contribution in [0.25, 0.3) is 0 Å². The quantitative estimate of drug-likeness (QED) is 0.720. The molecule has 1 saturated heterocycles. The van der Waals surface area contributed by atoms with Gasteiger partial charge in [-0.25, -0.2) is 0 Å². The number of rotatable bonds is 2. The van der Waals surface area contributed by atoms with Gasteiger partial charge in [-0.2, -0.15) is 0 Å². The first-order valence-electron chi connectivity index (χ1n) is 7.02. The van der Waals surface area contributed by atoms with E-state index >= 15 is 0 Å². The van der Waals surface area contributed by atoms with E-state index in [1.807, 2.05) is 18.2 Å². The lowest BCUT2D eigenvalue weighted by atomic mass is 9.79. The van der Waals surface area contributed by atoms with Gasteiger partial charge < -0.3 is 9.31 Å². The molecule has 20 heavy (non-hydrogen) atoms. The molecule has 1 aliphatic carbocycles. The molecule has 3 rings (SSSR count). The van der Waals surface area contributed by atoms with Crippen LogP contribution in [0.1, 0.15) is 45.6 Å². The van der Waals surface area contributed by atoms with Gasteiger partial charge in [0.15, 0.2) is 0 Å². The molecule has 2 atom stereocenters. The van der Waals surface area contributed by atoms with Gasteiger partial charge in [-0.05, 0) is 57.7 Å². The maximum Gasteiger partial charge on any atom is 0.461 e. The summed E-state index contributed by atoms with van der Waals surface area (Å²) in [6, 6.07) is 5.66. The van der Waals surface area contributed by atoms with Crippen LogP contribution in [0.2, 0.25) is 15.9 Å². The molecule has 0 amide bonds. The van der Waals surface area contributed by atoms with E-state index in [0.29, 0.717) is 11.7 Å². The first-order chi connectivity index (χ1) is 9.23. The van der Waals surface area contributed by atoms with Gasteiger partial charge in [-0.15, -0.1) is 0 Å². The summed E-state index contributed by atoms with van der Waals surface area (Å²) >= 11 is 12.6. The number of hydrogen-bond acceptors (Lipinski definition) is 2. The predicted molar refractivity (Wildman–Crippen MR) is 83.7 cm³/mol. The Morgan fingerprint density at radius 1 is 1.05 bits per heavy atom. The van der Waals surface area contributed by atoms with Crippen LogP contribution < -0.4 is 0 Å². The largest absolute Gasteiger partial charge is 0.461 e. The maximum absolute atomic E-state index is 6.28. The van der Waals surface area contributed by atoms with E-state index in [0.717, 1.165) is 22.0 Å². The van der Waals surface area contributed by atoms with Crippen LogP contribution in [0, 0.1) is 0 Å². The van der Waals surface area contributed by atoms with Crippen molar-refractivity contribution in [1.29, 1.82) is 0 Å². The van der Waals surface area contributed by atoms with E-state index < -0.39 is 0 Å². The van der Waals surface area contributed by atoms with Crippen molar-refractivity contribution in [2.75, 3.05) is 0 Å². The van der Waals surface area contributed by atoms with Crippen LogP contribution in [0.5, 0.6) is 0 Å².